The Balaban J connectivity index is 2.02. The number of hydrogen-bond acceptors (Lipinski definition) is 4. The number of thioether (sulfide) groups is 1. The smallest absolute Gasteiger partial charge is 0.305 e. The molecule has 1 N–H and O–H groups in total. The normalized spacial score (nSPS) is 19.4. The number of amides is 1. The quantitative estimate of drug-likeness (QED) is 0.861. The highest BCUT2D eigenvalue weighted by Crippen LogP contribution is 2.19. The third kappa shape index (κ3) is 3.90. The molecule has 0 bridgehead atoms. The Hall–Kier alpha value is -1.69. The van der Waals surface area contributed by atoms with E-state index in [9.17, 15) is 9.59 Å². The van der Waals surface area contributed by atoms with E-state index < -0.39 is 5.97 Å². The van der Waals surface area contributed by atoms with E-state index in [2.05, 4.69) is 0 Å². The molecule has 1 atom stereocenters. The summed E-state index contributed by atoms with van der Waals surface area (Å²) >= 11 is 1.68. The molecule has 0 spiro atoms. The van der Waals surface area contributed by atoms with Crippen molar-refractivity contribution in [2.24, 2.45) is 0 Å². The van der Waals surface area contributed by atoms with Gasteiger partial charge in [0.1, 0.15) is 11.5 Å². The molecule has 2 heterocycles. The van der Waals surface area contributed by atoms with E-state index in [1.165, 1.54) is 6.08 Å². The van der Waals surface area contributed by atoms with Crippen LogP contribution < -0.4 is 0 Å². The van der Waals surface area contributed by atoms with Gasteiger partial charge in [-0.05, 0) is 25.1 Å². The van der Waals surface area contributed by atoms with Gasteiger partial charge in [0.05, 0.1) is 12.5 Å². The number of nitrogens with zero attached hydrogens (tertiary/aromatic N) is 1. The Morgan fingerprint density at radius 1 is 1.55 bits per heavy atom. The maximum Gasteiger partial charge on any atom is 0.305 e. The molecular weight excluding hydrogens is 278 g/mol. The molecular formula is C14H17NO4S. The van der Waals surface area contributed by atoms with E-state index >= 15 is 0 Å². The highest BCUT2D eigenvalue weighted by Gasteiger charge is 2.27. The van der Waals surface area contributed by atoms with Crippen molar-refractivity contribution in [1.29, 1.82) is 0 Å². The van der Waals surface area contributed by atoms with Crippen molar-refractivity contribution < 1.29 is 19.1 Å². The molecule has 0 saturated carbocycles. The minimum atomic E-state index is -0.874. The summed E-state index contributed by atoms with van der Waals surface area (Å²) in [6.45, 7) is 2.42. The number of furan rings is 1. The second kappa shape index (κ2) is 6.65. The van der Waals surface area contributed by atoms with Crippen molar-refractivity contribution in [3.63, 3.8) is 0 Å². The summed E-state index contributed by atoms with van der Waals surface area (Å²) in [4.78, 5) is 24.6. The zero-order chi connectivity index (χ0) is 14.5. The van der Waals surface area contributed by atoms with Gasteiger partial charge in [-0.25, -0.2) is 0 Å². The molecule has 1 aromatic heterocycles. The van der Waals surface area contributed by atoms with Crippen LogP contribution in [0.5, 0.6) is 0 Å². The van der Waals surface area contributed by atoms with Gasteiger partial charge in [0.25, 0.3) is 0 Å². The van der Waals surface area contributed by atoms with Crippen molar-refractivity contribution in [2.75, 3.05) is 18.1 Å². The number of aliphatic carboxylic acids is 1. The average molecular weight is 295 g/mol. The molecule has 20 heavy (non-hydrogen) atoms. The lowest BCUT2D eigenvalue weighted by atomic mass is 10.2. The van der Waals surface area contributed by atoms with Gasteiger partial charge in [-0.2, -0.15) is 11.8 Å². The number of carbonyl (C=O) groups is 2. The molecule has 2 rings (SSSR count). The molecule has 1 amide bonds. The number of hydrogen-bond donors (Lipinski definition) is 1. The van der Waals surface area contributed by atoms with E-state index in [1.807, 2.05) is 13.0 Å². The van der Waals surface area contributed by atoms with E-state index in [0.29, 0.717) is 18.1 Å². The Labute approximate surface area is 121 Å². The molecule has 1 aromatic rings. The average Bonchev–Trinajstić information content (AvgIpc) is 2.82. The minimum absolute atomic E-state index is 0.00750. The van der Waals surface area contributed by atoms with Crippen molar-refractivity contribution in [1.82, 2.24) is 4.90 Å². The van der Waals surface area contributed by atoms with Gasteiger partial charge in [-0.15, -0.1) is 0 Å². The number of carbonyl (C=O) groups excluding carboxylic acids is 1. The van der Waals surface area contributed by atoms with E-state index in [1.54, 1.807) is 28.8 Å². The van der Waals surface area contributed by atoms with E-state index in [-0.39, 0.29) is 18.4 Å². The van der Waals surface area contributed by atoms with E-state index in [4.69, 9.17) is 9.52 Å². The van der Waals surface area contributed by atoms with Crippen LogP contribution in [0, 0.1) is 6.92 Å². The Morgan fingerprint density at radius 2 is 2.35 bits per heavy atom. The second-order valence-electron chi connectivity index (χ2n) is 4.64. The largest absolute Gasteiger partial charge is 0.481 e. The summed E-state index contributed by atoms with van der Waals surface area (Å²) in [6.07, 6.45) is 3.06. The van der Waals surface area contributed by atoms with E-state index in [0.717, 1.165) is 11.5 Å². The zero-order valence-electron chi connectivity index (χ0n) is 11.2. The monoisotopic (exact) mass is 295 g/mol. The van der Waals surface area contributed by atoms with Gasteiger partial charge in [0, 0.05) is 24.1 Å². The third-order valence-corrected chi connectivity index (χ3v) is 4.16. The minimum Gasteiger partial charge on any atom is -0.481 e. The van der Waals surface area contributed by atoms with Crippen LogP contribution in [0.4, 0.5) is 0 Å². The van der Waals surface area contributed by atoms with Gasteiger partial charge in [0.2, 0.25) is 5.91 Å². The van der Waals surface area contributed by atoms with Gasteiger partial charge >= 0.3 is 5.97 Å². The highest BCUT2D eigenvalue weighted by molar-refractivity contribution is 7.99. The molecule has 108 valence electrons. The molecule has 0 aliphatic carbocycles. The fourth-order valence-electron chi connectivity index (χ4n) is 2.11. The van der Waals surface area contributed by atoms with Crippen LogP contribution in [0.1, 0.15) is 17.9 Å². The molecule has 1 aliphatic heterocycles. The van der Waals surface area contributed by atoms with Gasteiger partial charge in [0.15, 0.2) is 0 Å². The second-order valence-corrected chi connectivity index (χ2v) is 5.79. The number of carboxylic acids is 1. The predicted octanol–water partition coefficient (Wildman–Crippen LogP) is 2.02. The zero-order valence-corrected chi connectivity index (χ0v) is 12.1. The Bertz CT molecular complexity index is 523. The first-order valence-corrected chi connectivity index (χ1v) is 7.56. The molecule has 1 unspecified atom stereocenters. The summed E-state index contributed by atoms with van der Waals surface area (Å²) < 4.78 is 5.36. The fourth-order valence-corrected chi connectivity index (χ4v) is 3.17. The molecule has 1 aliphatic rings. The highest BCUT2D eigenvalue weighted by atomic mass is 32.2. The maximum atomic E-state index is 12.2. The first kappa shape index (κ1) is 14.7. The molecule has 0 aromatic carbocycles. The number of carboxylic acid groups (broad SMARTS) is 1. The Morgan fingerprint density at radius 3 is 3.00 bits per heavy atom. The summed E-state index contributed by atoms with van der Waals surface area (Å²) in [6, 6.07) is 3.39. The van der Waals surface area contributed by atoms with Crippen molar-refractivity contribution >= 4 is 29.7 Å². The number of aryl methyl sites for hydroxylation is 1. The predicted molar refractivity (Wildman–Crippen MR) is 77.6 cm³/mol. The SMILES string of the molecule is Cc1ccc(C=CC(=O)N2CCSCC2CC(=O)O)o1. The molecule has 1 fully saturated rings. The van der Waals surface area contributed by atoms with Gasteiger partial charge < -0.3 is 14.4 Å². The molecule has 5 nitrogen and oxygen atoms in total. The van der Waals surface area contributed by atoms with Crippen molar-refractivity contribution in [3.05, 3.63) is 29.7 Å². The van der Waals surface area contributed by atoms with Crippen molar-refractivity contribution in [2.45, 2.75) is 19.4 Å². The van der Waals surface area contributed by atoms with Crippen LogP contribution in [0.3, 0.4) is 0 Å². The summed E-state index contributed by atoms with van der Waals surface area (Å²) in [5, 5.41) is 8.90. The van der Waals surface area contributed by atoms with Crippen LogP contribution in [-0.2, 0) is 9.59 Å². The van der Waals surface area contributed by atoms with Crippen LogP contribution in [-0.4, -0.2) is 46.0 Å². The molecule has 1 saturated heterocycles. The van der Waals surface area contributed by atoms with Crippen LogP contribution >= 0.6 is 11.8 Å². The summed E-state index contributed by atoms with van der Waals surface area (Å²) in [5.41, 5.74) is 0. The Kier molecular flexibility index (Phi) is 4.89. The first-order valence-electron chi connectivity index (χ1n) is 6.41. The molecule has 0 radical (unpaired) electrons. The van der Waals surface area contributed by atoms with Crippen LogP contribution in [0.2, 0.25) is 0 Å². The van der Waals surface area contributed by atoms with Gasteiger partial charge in [-0.3, -0.25) is 9.59 Å². The lowest BCUT2D eigenvalue weighted by Crippen LogP contribution is -2.46. The lowest BCUT2D eigenvalue weighted by Gasteiger charge is -2.33. The van der Waals surface area contributed by atoms with Crippen molar-refractivity contribution in [3.8, 4) is 0 Å². The van der Waals surface area contributed by atoms with Gasteiger partial charge in [-0.1, -0.05) is 0 Å². The summed E-state index contributed by atoms with van der Waals surface area (Å²) in [5.74, 6) is 1.89. The number of rotatable bonds is 4. The lowest BCUT2D eigenvalue weighted by molar-refractivity contribution is -0.139. The van der Waals surface area contributed by atoms with Crippen LogP contribution in [0.15, 0.2) is 22.6 Å². The van der Waals surface area contributed by atoms with Crippen LogP contribution in [0.25, 0.3) is 6.08 Å². The fraction of sp³-hybridized carbons (Fsp3) is 0.429. The standard InChI is InChI=1S/C14H17NO4S/c1-10-2-3-12(19-10)4-5-13(16)15-6-7-20-9-11(15)8-14(17)18/h2-5,11H,6-9H2,1H3,(H,17,18). The molecule has 6 heteroatoms. The third-order valence-electron chi connectivity index (χ3n) is 3.07. The maximum absolute atomic E-state index is 12.2. The first-order chi connectivity index (χ1) is 9.56. The topological polar surface area (TPSA) is 70.8 Å². The summed E-state index contributed by atoms with van der Waals surface area (Å²) in [7, 11) is 0.